The first-order valence-electron chi connectivity index (χ1n) is 9.44. The third-order valence-electron chi connectivity index (χ3n) is 4.75. The molecule has 27 heavy (non-hydrogen) atoms. The fourth-order valence-corrected chi connectivity index (χ4v) is 3.11. The largest absolute Gasteiger partial charge is 0.369 e. The summed E-state index contributed by atoms with van der Waals surface area (Å²) >= 11 is 0. The van der Waals surface area contributed by atoms with Crippen LogP contribution in [0.15, 0.2) is 23.3 Å². The van der Waals surface area contributed by atoms with E-state index in [1.165, 1.54) is 0 Å². The average molecular weight is 488 g/mol. The fraction of sp³-hybridized carbons (Fsp3) is 0.632. The zero-order valence-corrected chi connectivity index (χ0v) is 18.9. The molecule has 0 aliphatic carbocycles. The van der Waals surface area contributed by atoms with Crippen LogP contribution in [-0.2, 0) is 11.3 Å². The molecule has 0 radical (unpaired) electrons. The SMILES string of the molecule is CN=C(NCCC(C)C)NCc1cccnc1N1CCC(C(N)=O)CC1.I. The Bertz CT molecular complexity index is 614. The summed E-state index contributed by atoms with van der Waals surface area (Å²) in [5.74, 6) is 2.23. The second-order valence-electron chi connectivity index (χ2n) is 7.18. The van der Waals surface area contributed by atoms with Crippen LogP contribution in [0.5, 0.6) is 0 Å². The van der Waals surface area contributed by atoms with Gasteiger partial charge in [-0.25, -0.2) is 4.98 Å². The molecule has 0 saturated carbocycles. The fourth-order valence-electron chi connectivity index (χ4n) is 3.11. The first-order chi connectivity index (χ1) is 12.5. The third kappa shape index (κ3) is 7.51. The van der Waals surface area contributed by atoms with Crippen molar-refractivity contribution in [3.63, 3.8) is 0 Å². The number of hydrogen-bond donors (Lipinski definition) is 3. The normalized spacial score (nSPS) is 15.4. The summed E-state index contributed by atoms with van der Waals surface area (Å²) in [5, 5.41) is 6.71. The molecule has 0 aromatic carbocycles. The number of piperidine rings is 1. The molecular weight excluding hydrogens is 455 g/mol. The molecule has 0 atom stereocenters. The molecule has 1 aromatic heterocycles. The van der Waals surface area contributed by atoms with Crippen LogP contribution in [0.25, 0.3) is 0 Å². The van der Waals surface area contributed by atoms with E-state index in [1.54, 1.807) is 7.05 Å². The van der Waals surface area contributed by atoms with E-state index in [0.717, 1.165) is 56.2 Å². The van der Waals surface area contributed by atoms with Gasteiger partial charge in [0.2, 0.25) is 5.91 Å². The van der Waals surface area contributed by atoms with Crippen LogP contribution in [0.4, 0.5) is 5.82 Å². The third-order valence-corrected chi connectivity index (χ3v) is 4.75. The predicted octanol–water partition coefficient (Wildman–Crippen LogP) is 2.11. The number of primary amides is 1. The Morgan fingerprint density at radius 3 is 2.67 bits per heavy atom. The van der Waals surface area contributed by atoms with E-state index in [0.29, 0.717) is 12.5 Å². The van der Waals surface area contributed by atoms with Crippen molar-refractivity contribution in [2.75, 3.05) is 31.6 Å². The number of carbonyl (C=O) groups is 1. The first-order valence-corrected chi connectivity index (χ1v) is 9.44. The van der Waals surface area contributed by atoms with Gasteiger partial charge in [-0.05, 0) is 31.2 Å². The van der Waals surface area contributed by atoms with Crippen molar-refractivity contribution in [3.05, 3.63) is 23.9 Å². The molecule has 1 saturated heterocycles. The lowest BCUT2D eigenvalue weighted by Crippen LogP contribution is -2.40. The highest BCUT2D eigenvalue weighted by atomic mass is 127. The van der Waals surface area contributed by atoms with Gasteiger partial charge in [-0.2, -0.15) is 0 Å². The average Bonchev–Trinajstić information content (AvgIpc) is 2.64. The number of hydrogen-bond acceptors (Lipinski definition) is 4. The van der Waals surface area contributed by atoms with Gasteiger partial charge in [-0.1, -0.05) is 19.9 Å². The number of aliphatic imine (C=N–C) groups is 1. The molecule has 2 rings (SSSR count). The molecule has 152 valence electrons. The Hall–Kier alpha value is -1.58. The van der Waals surface area contributed by atoms with Crippen LogP contribution in [0.3, 0.4) is 0 Å². The summed E-state index contributed by atoms with van der Waals surface area (Å²) in [7, 11) is 1.78. The molecule has 0 bridgehead atoms. The summed E-state index contributed by atoms with van der Waals surface area (Å²) < 4.78 is 0. The van der Waals surface area contributed by atoms with Gasteiger partial charge in [0.05, 0.1) is 0 Å². The number of carbonyl (C=O) groups excluding carboxylic acids is 1. The summed E-state index contributed by atoms with van der Waals surface area (Å²) in [4.78, 5) is 22.5. The summed E-state index contributed by atoms with van der Waals surface area (Å²) in [6, 6.07) is 4.03. The van der Waals surface area contributed by atoms with E-state index in [-0.39, 0.29) is 35.8 Å². The van der Waals surface area contributed by atoms with Crippen LogP contribution in [-0.4, -0.2) is 43.5 Å². The van der Waals surface area contributed by atoms with Crippen molar-refractivity contribution in [1.29, 1.82) is 0 Å². The van der Waals surface area contributed by atoms with Crippen LogP contribution >= 0.6 is 24.0 Å². The highest BCUT2D eigenvalue weighted by Gasteiger charge is 2.24. The molecule has 1 fully saturated rings. The van der Waals surface area contributed by atoms with E-state index >= 15 is 0 Å². The monoisotopic (exact) mass is 488 g/mol. The molecule has 7 nitrogen and oxygen atoms in total. The summed E-state index contributed by atoms with van der Waals surface area (Å²) in [5.41, 5.74) is 6.55. The van der Waals surface area contributed by atoms with Crippen molar-refractivity contribution >= 4 is 41.7 Å². The Morgan fingerprint density at radius 2 is 2.07 bits per heavy atom. The van der Waals surface area contributed by atoms with Crippen LogP contribution in [0.2, 0.25) is 0 Å². The van der Waals surface area contributed by atoms with E-state index in [1.807, 2.05) is 12.3 Å². The van der Waals surface area contributed by atoms with Gasteiger partial charge in [-0.3, -0.25) is 9.79 Å². The number of nitrogens with zero attached hydrogens (tertiary/aromatic N) is 3. The smallest absolute Gasteiger partial charge is 0.220 e. The lowest BCUT2D eigenvalue weighted by Gasteiger charge is -2.32. The minimum absolute atomic E-state index is 0. The van der Waals surface area contributed by atoms with Crippen molar-refractivity contribution in [1.82, 2.24) is 15.6 Å². The molecule has 2 heterocycles. The van der Waals surface area contributed by atoms with Crippen LogP contribution in [0.1, 0.15) is 38.7 Å². The Morgan fingerprint density at radius 1 is 1.37 bits per heavy atom. The van der Waals surface area contributed by atoms with Crippen LogP contribution in [0, 0.1) is 11.8 Å². The van der Waals surface area contributed by atoms with Crippen molar-refractivity contribution in [2.45, 2.75) is 39.7 Å². The molecular formula is C19H33IN6O. The highest BCUT2D eigenvalue weighted by Crippen LogP contribution is 2.24. The van der Waals surface area contributed by atoms with E-state index in [9.17, 15) is 4.79 Å². The molecule has 4 N–H and O–H groups in total. The molecule has 1 aliphatic rings. The van der Waals surface area contributed by atoms with Gasteiger partial charge in [0.1, 0.15) is 5.82 Å². The maximum Gasteiger partial charge on any atom is 0.220 e. The van der Waals surface area contributed by atoms with Gasteiger partial charge in [0, 0.05) is 50.9 Å². The maximum absolute atomic E-state index is 11.4. The molecule has 0 unspecified atom stereocenters. The van der Waals surface area contributed by atoms with Crippen molar-refractivity contribution in [3.8, 4) is 0 Å². The Labute approximate surface area is 179 Å². The number of nitrogens with two attached hydrogens (primary N) is 1. The standard InChI is InChI=1S/C19H32N6O.HI/c1-14(2)6-10-23-19(21-3)24-13-16-5-4-9-22-18(16)25-11-7-15(8-12-25)17(20)26;/h4-5,9,14-15H,6-8,10-13H2,1-3H3,(H2,20,26)(H2,21,23,24);1H. The highest BCUT2D eigenvalue weighted by molar-refractivity contribution is 14.0. The maximum atomic E-state index is 11.4. The number of pyridine rings is 1. The molecule has 1 aliphatic heterocycles. The topological polar surface area (TPSA) is 95.6 Å². The molecule has 1 amide bonds. The summed E-state index contributed by atoms with van der Waals surface area (Å²) in [6.07, 6.45) is 4.50. The zero-order valence-electron chi connectivity index (χ0n) is 16.6. The quantitative estimate of drug-likeness (QED) is 0.311. The number of aromatic nitrogens is 1. The first kappa shape index (κ1) is 23.5. The van der Waals surface area contributed by atoms with E-state index in [4.69, 9.17) is 5.73 Å². The second kappa shape index (κ2) is 12.0. The lowest BCUT2D eigenvalue weighted by molar-refractivity contribution is -0.122. The van der Waals surface area contributed by atoms with Gasteiger partial charge < -0.3 is 21.3 Å². The minimum Gasteiger partial charge on any atom is -0.369 e. The van der Waals surface area contributed by atoms with Crippen molar-refractivity contribution in [2.24, 2.45) is 22.6 Å². The van der Waals surface area contributed by atoms with Gasteiger partial charge >= 0.3 is 0 Å². The van der Waals surface area contributed by atoms with Gasteiger partial charge in [-0.15, -0.1) is 24.0 Å². The number of amides is 1. The number of rotatable bonds is 7. The molecule has 1 aromatic rings. The van der Waals surface area contributed by atoms with Gasteiger partial charge in [0.15, 0.2) is 5.96 Å². The minimum atomic E-state index is -0.191. The number of halogens is 1. The van der Waals surface area contributed by atoms with E-state index < -0.39 is 0 Å². The van der Waals surface area contributed by atoms with Crippen LogP contribution < -0.4 is 21.3 Å². The lowest BCUT2D eigenvalue weighted by atomic mass is 9.96. The second-order valence-corrected chi connectivity index (χ2v) is 7.18. The molecule has 0 spiro atoms. The molecule has 8 heteroatoms. The summed E-state index contributed by atoms with van der Waals surface area (Å²) in [6.45, 7) is 7.58. The van der Waals surface area contributed by atoms with Crippen molar-refractivity contribution < 1.29 is 4.79 Å². The number of guanidine groups is 1. The predicted molar refractivity (Wildman–Crippen MR) is 121 cm³/mol. The number of anilines is 1. The van der Waals surface area contributed by atoms with Gasteiger partial charge in [0.25, 0.3) is 0 Å². The Balaban J connectivity index is 0.00000364. The Kier molecular flexibility index (Phi) is 10.4. The van der Waals surface area contributed by atoms with E-state index in [2.05, 4.69) is 45.4 Å². The zero-order chi connectivity index (χ0) is 18.9. The number of nitrogens with one attached hydrogen (secondary N) is 2.